The van der Waals surface area contributed by atoms with Gasteiger partial charge in [0, 0.05) is 16.7 Å². The number of aromatic nitrogens is 2. The number of nitro benzene ring substituents is 1. The van der Waals surface area contributed by atoms with Crippen LogP contribution in [0.5, 0.6) is 5.88 Å². The van der Waals surface area contributed by atoms with Crippen molar-refractivity contribution in [3.8, 4) is 17.1 Å². The number of anilines is 1. The van der Waals surface area contributed by atoms with Crippen LogP contribution in [0.15, 0.2) is 53.2 Å². The van der Waals surface area contributed by atoms with Crippen molar-refractivity contribution in [3.05, 3.63) is 63.7 Å². The third-order valence-electron chi connectivity index (χ3n) is 3.55. The minimum Gasteiger partial charge on any atom is -0.469 e. The second-order valence-corrected chi connectivity index (χ2v) is 5.95. The molecule has 3 aromatic rings. The van der Waals surface area contributed by atoms with Gasteiger partial charge in [0.1, 0.15) is 11.8 Å². The van der Waals surface area contributed by atoms with Gasteiger partial charge in [0.25, 0.3) is 11.6 Å². The maximum atomic E-state index is 11.1. The SMILES string of the molecule is CC(CNc1cc(Cl)ccc1[N+](=O)[O-])Oc1nonc1-c1ccccc1. The molecular weight excluding hydrogens is 360 g/mol. The van der Waals surface area contributed by atoms with Crippen molar-refractivity contribution in [2.75, 3.05) is 11.9 Å². The van der Waals surface area contributed by atoms with Crippen LogP contribution in [0.4, 0.5) is 11.4 Å². The van der Waals surface area contributed by atoms with Crippen LogP contribution in [0.25, 0.3) is 11.3 Å². The molecule has 2 aromatic carbocycles. The van der Waals surface area contributed by atoms with E-state index in [0.29, 0.717) is 22.9 Å². The first-order chi connectivity index (χ1) is 12.5. The highest BCUT2D eigenvalue weighted by Crippen LogP contribution is 2.29. The number of hydrogen-bond acceptors (Lipinski definition) is 7. The zero-order valence-electron chi connectivity index (χ0n) is 13.8. The van der Waals surface area contributed by atoms with E-state index in [1.54, 1.807) is 6.92 Å². The van der Waals surface area contributed by atoms with Crippen molar-refractivity contribution in [1.82, 2.24) is 10.3 Å². The molecule has 0 saturated carbocycles. The Bertz CT molecular complexity index is 901. The average Bonchev–Trinajstić information content (AvgIpc) is 3.08. The molecule has 134 valence electrons. The van der Waals surface area contributed by atoms with Gasteiger partial charge in [-0.15, -0.1) is 0 Å². The topological polar surface area (TPSA) is 103 Å². The Balaban J connectivity index is 1.68. The molecule has 1 heterocycles. The smallest absolute Gasteiger partial charge is 0.292 e. The minimum atomic E-state index is -0.473. The van der Waals surface area contributed by atoms with Gasteiger partial charge >= 0.3 is 0 Å². The van der Waals surface area contributed by atoms with Crippen LogP contribution >= 0.6 is 11.6 Å². The fourth-order valence-electron chi connectivity index (χ4n) is 2.33. The van der Waals surface area contributed by atoms with Gasteiger partial charge < -0.3 is 10.1 Å². The van der Waals surface area contributed by atoms with Crippen LogP contribution in [0, 0.1) is 10.1 Å². The highest BCUT2D eigenvalue weighted by Gasteiger charge is 2.18. The molecule has 1 unspecified atom stereocenters. The van der Waals surface area contributed by atoms with Crippen LogP contribution in [0.3, 0.4) is 0 Å². The summed E-state index contributed by atoms with van der Waals surface area (Å²) in [7, 11) is 0. The maximum absolute atomic E-state index is 11.1. The lowest BCUT2D eigenvalue weighted by Crippen LogP contribution is -2.23. The van der Waals surface area contributed by atoms with Crippen LogP contribution in [-0.4, -0.2) is 27.9 Å². The molecule has 0 amide bonds. The van der Waals surface area contributed by atoms with E-state index in [-0.39, 0.29) is 17.7 Å². The summed E-state index contributed by atoms with van der Waals surface area (Å²) in [5.41, 5.74) is 1.56. The summed E-state index contributed by atoms with van der Waals surface area (Å²) >= 11 is 5.92. The lowest BCUT2D eigenvalue weighted by Gasteiger charge is -2.14. The van der Waals surface area contributed by atoms with Gasteiger partial charge in [0.05, 0.1) is 11.5 Å². The summed E-state index contributed by atoms with van der Waals surface area (Å²) in [4.78, 5) is 10.6. The number of hydrogen-bond donors (Lipinski definition) is 1. The van der Waals surface area contributed by atoms with Gasteiger partial charge in [0.2, 0.25) is 0 Å². The number of rotatable bonds is 7. The number of ether oxygens (including phenoxy) is 1. The summed E-state index contributed by atoms with van der Waals surface area (Å²) < 4.78 is 10.5. The Kier molecular flexibility index (Phi) is 5.33. The number of nitrogens with zero attached hydrogens (tertiary/aromatic N) is 3. The van der Waals surface area contributed by atoms with Crippen molar-refractivity contribution in [2.45, 2.75) is 13.0 Å². The first-order valence-electron chi connectivity index (χ1n) is 7.77. The van der Waals surface area contributed by atoms with Crippen molar-refractivity contribution in [1.29, 1.82) is 0 Å². The van der Waals surface area contributed by atoms with Crippen LogP contribution in [0.2, 0.25) is 5.02 Å². The van der Waals surface area contributed by atoms with Gasteiger partial charge in [0.15, 0.2) is 5.69 Å². The van der Waals surface area contributed by atoms with E-state index in [9.17, 15) is 10.1 Å². The first kappa shape index (κ1) is 17.7. The van der Waals surface area contributed by atoms with Gasteiger partial charge in [-0.25, -0.2) is 4.63 Å². The molecule has 8 nitrogen and oxygen atoms in total. The molecular formula is C17H15ClN4O4. The molecule has 9 heteroatoms. The van der Waals surface area contributed by atoms with Crippen molar-refractivity contribution >= 4 is 23.0 Å². The molecule has 1 N–H and O–H groups in total. The molecule has 0 radical (unpaired) electrons. The molecule has 0 aliphatic heterocycles. The van der Waals surface area contributed by atoms with E-state index in [1.165, 1.54) is 18.2 Å². The minimum absolute atomic E-state index is 0.0605. The Morgan fingerprint density at radius 1 is 1.27 bits per heavy atom. The molecule has 1 aromatic heterocycles. The summed E-state index contributed by atoms with van der Waals surface area (Å²) in [5.74, 6) is 0.256. The number of nitrogens with one attached hydrogen (secondary N) is 1. The van der Waals surface area contributed by atoms with E-state index in [4.69, 9.17) is 21.0 Å². The highest BCUT2D eigenvalue weighted by atomic mass is 35.5. The molecule has 0 aliphatic rings. The van der Waals surface area contributed by atoms with Crippen molar-refractivity contribution < 1.29 is 14.3 Å². The molecule has 0 spiro atoms. The van der Waals surface area contributed by atoms with Crippen LogP contribution in [-0.2, 0) is 0 Å². The molecule has 26 heavy (non-hydrogen) atoms. The molecule has 0 saturated heterocycles. The quantitative estimate of drug-likeness (QED) is 0.488. The predicted molar refractivity (Wildman–Crippen MR) is 96.4 cm³/mol. The predicted octanol–water partition coefficient (Wildman–Crippen LogP) is 4.18. The highest BCUT2D eigenvalue weighted by molar-refractivity contribution is 6.31. The molecule has 0 bridgehead atoms. The standard InChI is InChI=1S/C17H15ClN4O4/c1-11(10-19-14-9-13(18)7-8-15(14)22(23)24)25-17-16(20-26-21-17)12-5-3-2-4-6-12/h2-9,11,19H,10H2,1H3. The Hall–Kier alpha value is -3.13. The Morgan fingerprint density at radius 2 is 2.04 bits per heavy atom. The zero-order chi connectivity index (χ0) is 18.5. The third-order valence-corrected chi connectivity index (χ3v) is 3.79. The number of benzene rings is 2. The summed E-state index contributed by atoms with van der Waals surface area (Å²) in [6.45, 7) is 2.09. The molecule has 3 rings (SSSR count). The lowest BCUT2D eigenvalue weighted by molar-refractivity contribution is -0.384. The summed E-state index contributed by atoms with van der Waals surface area (Å²) in [6, 6.07) is 13.7. The summed E-state index contributed by atoms with van der Waals surface area (Å²) in [6.07, 6.45) is -0.358. The van der Waals surface area contributed by atoms with E-state index < -0.39 is 4.92 Å². The van der Waals surface area contributed by atoms with Crippen LogP contribution in [0.1, 0.15) is 6.92 Å². The van der Waals surface area contributed by atoms with Gasteiger partial charge in [-0.1, -0.05) is 41.9 Å². The molecule has 1 atom stereocenters. The van der Waals surface area contributed by atoms with E-state index in [0.717, 1.165) is 5.56 Å². The van der Waals surface area contributed by atoms with E-state index in [1.807, 2.05) is 30.3 Å². The maximum Gasteiger partial charge on any atom is 0.292 e. The fraction of sp³-hybridized carbons (Fsp3) is 0.176. The zero-order valence-corrected chi connectivity index (χ0v) is 14.5. The van der Waals surface area contributed by atoms with E-state index in [2.05, 4.69) is 15.6 Å². The molecule has 0 aliphatic carbocycles. The second kappa shape index (κ2) is 7.83. The Labute approximate surface area is 153 Å². The first-order valence-corrected chi connectivity index (χ1v) is 8.15. The van der Waals surface area contributed by atoms with Crippen LogP contribution < -0.4 is 10.1 Å². The molecule has 0 fully saturated rings. The average molecular weight is 375 g/mol. The Morgan fingerprint density at radius 3 is 2.77 bits per heavy atom. The normalized spacial score (nSPS) is 11.8. The van der Waals surface area contributed by atoms with E-state index >= 15 is 0 Å². The largest absolute Gasteiger partial charge is 0.469 e. The summed E-state index contributed by atoms with van der Waals surface area (Å²) in [5, 5.41) is 22.1. The third kappa shape index (κ3) is 4.09. The van der Waals surface area contributed by atoms with Gasteiger partial charge in [-0.3, -0.25) is 10.1 Å². The van der Waals surface area contributed by atoms with Crippen molar-refractivity contribution in [2.24, 2.45) is 0 Å². The monoisotopic (exact) mass is 374 g/mol. The van der Waals surface area contributed by atoms with Gasteiger partial charge in [-0.05, 0) is 29.4 Å². The lowest BCUT2D eigenvalue weighted by atomic mass is 10.2. The second-order valence-electron chi connectivity index (χ2n) is 5.51. The van der Waals surface area contributed by atoms with Gasteiger partial charge in [-0.2, -0.15) is 0 Å². The number of halogens is 1. The number of nitro groups is 1. The van der Waals surface area contributed by atoms with Crippen molar-refractivity contribution in [3.63, 3.8) is 0 Å². The fourth-order valence-corrected chi connectivity index (χ4v) is 2.50.